The maximum absolute atomic E-state index is 6.17. The molecule has 0 saturated heterocycles. The van der Waals surface area contributed by atoms with Gasteiger partial charge in [0.05, 0.1) is 10.7 Å². The van der Waals surface area contributed by atoms with Gasteiger partial charge in [0.1, 0.15) is 0 Å². The average Bonchev–Trinajstić information content (AvgIpc) is 2.60. The van der Waals surface area contributed by atoms with Crippen LogP contribution < -0.4 is 5.73 Å². The van der Waals surface area contributed by atoms with E-state index in [4.69, 9.17) is 17.3 Å². The number of halogens is 1. The smallest absolute Gasteiger partial charge is 0.0672 e. The summed E-state index contributed by atoms with van der Waals surface area (Å²) in [5.74, 6) is 0. The number of hydrogen-bond acceptors (Lipinski definition) is 2. The molecule has 0 aliphatic rings. The molecule has 0 bridgehead atoms. The Morgan fingerprint density at radius 1 is 1.38 bits per heavy atom. The van der Waals surface area contributed by atoms with Gasteiger partial charge in [-0.2, -0.15) is 5.10 Å². The Morgan fingerprint density at radius 2 is 2.12 bits per heavy atom. The highest BCUT2D eigenvalue weighted by atomic mass is 35.5. The first kappa shape index (κ1) is 11.0. The molecule has 16 heavy (non-hydrogen) atoms. The predicted molar refractivity (Wildman–Crippen MR) is 67.5 cm³/mol. The van der Waals surface area contributed by atoms with E-state index >= 15 is 0 Å². The van der Waals surface area contributed by atoms with E-state index in [-0.39, 0.29) is 0 Å². The number of rotatable bonds is 2. The third-order valence-corrected chi connectivity index (χ3v) is 2.87. The lowest BCUT2D eigenvalue weighted by Crippen LogP contribution is -1.93. The van der Waals surface area contributed by atoms with Crippen LogP contribution in [0.5, 0.6) is 0 Å². The second kappa shape index (κ2) is 4.18. The van der Waals surface area contributed by atoms with E-state index in [0.717, 1.165) is 23.4 Å². The first-order valence-corrected chi connectivity index (χ1v) is 5.59. The fraction of sp³-hybridized carbons (Fsp3) is 0.250. The first-order valence-electron chi connectivity index (χ1n) is 5.21. The first-order chi connectivity index (χ1) is 7.61. The van der Waals surface area contributed by atoms with Crippen molar-refractivity contribution in [2.45, 2.75) is 20.4 Å². The molecule has 0 saturated carbocycles. The van der Waals surface area contributed by atoms with Crippen molar-refractivity contribution in [3.63, 3.8) is 0 Å². The maximum atomic E-state index is 6.17. The van der Waals surface area contributed by atoms with Crippen LogP contribution in [0.4, 0.5) is 5.69 Å². The zero-order valence-electron chi connectivity index (χ0n) is 9.37. The third-order valence-electron chi connectivity index (χ3n) is 2.55. The van der Waals surface area contributed by atoms with Crippen LogP contribution >= 0.6 is 11.6 Å². The Bertz CT molecular complexity index is 517. The summed E-state index contributed by atoms with van der Waals surface area (Å²) >= 11 is 6.17. The molecule has 1 aromatic carbocycles. The zero-order chi connectivity index (χ0) is 11.7. The van der Waals surface area contributed by atoms with E-state index in [1.807, 2.05) is 29.9 Å². The molecule has 0 aliphatic heterocycles. The van der Waals surface area contributed by atoms with Gasteiger partial charge in [0, 0.05) is 29.6 Å². The Kier molecular flexibility index (Phi) is 2.88. The fourth-order valence-corrected chi connectivity index (χ4v) is 1.98. The van der Waals surface area contributed by atoms with Gasteiger partial charge in [-0.3, -0.25) is 4.68 Å². The molecule has 3 nitrogen and oxygen atoms in total. The summed E-state index contributed by atoms with van der Waals surface area (Å²) in [6.07, 6.45) is 2.01. The standard InChI is InChI=1S/C12H14ClN3/c1-3-16-7-11(8(2)15-16)10-5-4-9(14)6-12(10)13/h4-7H,3,14H2,1-2H3. The third kappa shape index (κ3) is 1.91. The molecule has 2 aromatic rings. The number of nitrogens with two attached hydrogens (primary N) is 1. The van der Waals surface area contributed by atoms with Gasteiger partial charge in [0.2, 0.25) is 0 Å². The maximum Gasteiger partial charge on any atom is 0.0672 e. The van der Waals surface area contributed by atoms with Crippen molar-refractivity contribution < 1.29 is 0 Å². The van der Waals surface area contributed by atoms with Crippen molar-refractivity contribution >= 4 is 17.3 Å². The molecule has 0 spiro atoms. The number of aromatic nitrogens is 2. The summed E-state index contributed by atoms with van der Waals surface area (Å²) in [7, 11) is 0. The van der Waals surface area contributed by atoms with E-state index in [1.54, 1.807) is 6.07 Å². The van der Waals surface area contributed by atoms with Gasteiger partial charge >= 0.3 is 0 Å². The van der Waals surface area contributed by atoms with E-state index < -0.39 is 0 Å². The highest BCUT2D eigenvalue weighted by Crippen LogP contribution is 2.31. The quantitative estimate of drug-likeness (QED) is 0.813. The summed E-state index contributed by atoms with van der Waals surface area (Å²) < 4.78 is 1.90. The minimum Gasteiger partial charge on any atom is -0.399 e. The zero-order valence-corrected chi connectivity index (χ0v) is 10.1. The van der Waals surface area contributed by atoms with Crippen LogP contribution in [0.2, 0.25) is 5.02 Å². The number of nitrogens with zero attached hydrogens (tertiary/aromatic N) is 2. The molecule has 2 rings (SSSR count). The van der Waals surface area contributed by atoms with Crippen LogP contribution in [0.25, 0.3) is 11.1 Å². The van der Waals surface area contributed by atoms with Gasteiger partial charge in [-0.1, -0.05) is 17.7 Å². The average molecular weight is 236 g/mol. The van der Waals surface area contributed by atoms with Crippen LogP contribution in [-0.4, -0.2) is 9.78 Å². The highest BCUT2D eigenvalue weighted by Gasteiger charge is 2.10. The monoisotopic (exact) mass is 235 g/mol. The number of nitrogen functional groups attached to an aromatic ring is 1. The van der Waals surface area contributed by atoms with Crippen LogP contribution in [0, 0.1) is 6.92 Å². The SMILES string of the molecule is CCn1cc(-c2ccc(N)cc2Cl)c(C)n1. The molecule has 2 N–H and O–H groups in total. The lowest BCUT2D eigenvalue weighted by Gasteiger charge is -2.03. The Hall–Kier alpha value is -1.48. The highest BCUT2D eigenvalue weighted by molar-refractivity contribution is 6.33. The van der Waals surface area contributed by atoms with E-state index in [1.165, 1.54) is 0 Å². The number of anilines is 1. The number of aryl methyl sites for hydroxylation is 2. The second-order valence-corrected chi connectivity index (χ2v) is 4.13. The van der Waals surface area contributed by atoms with Crippen LogP contribution in [0.1, 0.15) is 12.6 Å². The molecule has 1 aromatic heterocycles. The van der Waals surface area contributed by atoms with Gasteiger partial charge in [-0.05, 0) is 26.0 Å². The van der Waals surface area contributed by atoms with Crippen LogP contribution in [-0.2, 0) is 6.54 Å². The van der Waals surface area contributed by atoms with E-state index in [0.29, 0.717) is 10.7 Å². The normalized spacial score (nSPS) is 10.7. The van der Waals surface area contributed by atoms with Gasteiger partial charge in [-0.25, -0.2) is 0 Å². The molecular weight excluding hydrogens is 222 g/mol. The molecule has 0 atom stereocenters. The van der Waals surface area contributed by atoms with Crippen molar-refractivity contribution in [2.24, 2.45) is 0 Å². The summed E-state index contributed by atoms with van der Waals surface area (Å²) in [4.78, 5) is 0. The predicted octanol–water partition coefficient (Wildman–Crippen LogP) is 3.11. The van der Waals surface area contributed by atoms with Crippen molar-refractivity contribution in [1.82, 2.24) is 9.78 Å². The topological polar surface area (TPSA) is 43.8 Å². The molecule has 0 amide bonds. The summed E-state index contributed by atoms with van der Waals surface area (Å²) in [6.45, 7) is 4.89. The summed E-state index contributed by atoms with van der Waals surface area (Å²) in [6, 6.07) is 5.55. The van der Waals surface area contributed by atoms with Gasteiger partial charge < -0.3 is 5.73 Å². The Labute approximate surface area is 99.8 Å². The van der Waals surface area contributed by atoms with Crippen LogP contribution in [0.3, 0.4) is 0 Å². The molecule has 0 aliphatic carbocycles. The van der Waals surface area contributed by atoms with Crippen molar-refractivity contribution in [2.75, 3.05) is 5.73 Å². The van der Waals surface area contributed by atoms with Crippen LogP contribution in [0.15, 0.2) is 24.4 Å². The minimum absolute atomic E-state index is 0.666. The fourth-order valence-electron chi connectivity index (χ4n) is 1.69. The Morgan fingerprint density at radius 3 is 2.69 bits per heavy atom. The lowest BCUT2D eigenvalue weighted by atomic mass is 10.1. The summed E-state index contributed by atoms with van der Waals surface area (Å²) in [5.41, 5.74) is 9.37. The van der Waals surface area contributed by atoms with Gasteiger partial charge in [-0.15, -0.1) is 0 Å². The van der Waals surface area contributed by atoms with Gasteiger partial charge in [0.15, 0.2) is 0 Å². The van der Waals surface area contributed by atoms with E-state index in [9.17, 15) is 0 Å². The Balaban J connectivity index is 2.53. The molecular formula is C12H14ClN3. The lowest BCUT2D eigenvalue weighted by molar-refractivity contribution is 0.653. The largest absolute Gasteiger partial charge is 0.399 e. The number of benzene rings is 1. The summed E-state index contributed by atoms with van der Waals surface area (Å²) in [5, 5.41) is 5.06. The van der Waals surface area contributed by atoms with Crippen molar-refractivity contribution in [1.29, 1.82) is 0 Å². The van der Waals surface area contributed by atoms with Gasteiger partial charge in [0.25, 0.3) is 0 Å². The van der Waals surface area contributed by atoms with E-state index in [2.05, 4.69) is 12.0 Å². The number of hydrogen-bond donors (Lipinski definition) is 1. The second-order valence-electron chi connectivity index (χ2n) is 3.72. The molecule has 0 radical (unpaired) electrons. The molecule has 0 fully saturated rings. The molecule has 4 heteroatoms. The molecule has 1 heterocycles. The van der Waals surface area contributed by atoms with Crippen molar-refractivity contribution in [3.8, 4) is 11.1 Å². The molecule has 84 valence electrons. The minimum atomic E-state index is 0.666. The molecule has 0 unspecified atom stereocenters. The van der Waals surface area contributed by atoms with Crippen molar-refractivity contribution in [3.05, 3.63) is 35.1 Å².